The first kappa shape index (κ1) is 15.5. The maximum Gasteiger partial charge on any atom is 0.317 e. The van der Waals surface area contributed by atoms with Gasteiger partial charge < -0.3 is 15.0 Å². The Morgan fingerprint density at radius 2 is 2.05 bits per heavy atom. The second-order valence-electron chi connectivity index (χ2n) is 5.57. The van der Waals surface area contributed by atoms with Gasteiger partial charge >= 0.3 is 12.0 Å². The number of aromatic nitrogens is 2. The lowest BCUT2D eigenvalue weighted by atomic mass is 10.1. The molecule has 2 rings (SSSR count). The van der Waals surface area contributed by atoms with Gasteiger partial charge in [0.1, 0.15) is 6.10 Å². The first-order valence-corrected chi connectivity index (χ1v) is 7.21. The van der Waals surface area contributed by atoms with Crippen molar-refractivity contribution in [2.24, 2.45) is 5.92 Å². The van der Waals surface area contributed by atoms with E-state index in [1.807, 2.05) is 0 Å². The zero-order valence-corrected chi connectivity index (χ0v) is 12.4. The summed E-state index contributed by atoms with van der Waals surface area (Å²) in [7, 11) is 0. The van der Waals surface area contributed by atoms with Gasteiger partial charge in [-0.2, -0.15) is 0 Å². The van der Waals surface area contributed by atoms with Crippen molar-refractivity contribution in [1.82, 2.24) is 20.2 Å². The van der Waals surface area contributed by atoms with Gasteiger partial charge in [-0.3, -0.25) is 0 Å². The summed E-state index contributed by atoms with van der Waals surface area (Å²) in [5.74, 6) is -0.0514. The Kier molecular flexibility index (Phi) is 5.30. The second-order valence-corrected chi connectivity index (χ2v) is 5.57. The predicted octanol–water partition coefficient (Wildman–Crippen LogP) is 1.82. The van der Waals surface area contributed by atoms with Crippen molar-refractivity contribution in [2.45, 2.75) is 32.8 Å². The zero-order chi connectivity index (χ0) is 15.2. The highest BCUT2D eigenvalue weighted by molar-refractivity contribution is 5.74. The molecular formula is C14H21FN4O2. The molecular weight excluding hydrogens is 275 g/mol. The molecule has 0 unspecified atom stereocenters. The number of amides is 2. The zero-order valence-electron chi connectivity index (χ0n) is 12.4. The van der Waals surface area contributed by atoms with E-state index in [1.54, 1.807) is 4.90 Å². The molecule has 6 nitrogen and oxygen atoms in total. The number of piperidine rings is 1. The van der Waals surface area contributed by atoms with Crippen LogP contribution in [-0.2, 0) is 0 Å². The minimum atomic E-state index is -0.487. The van der Waals surface area contributed by atoms with Gasteiger partial charge in [-0.25, -0.2) is 19.2 Å². The number of rotatable bonds is 4. The monoisotopic (exact) mass is 296 g/mol. The van der Waals surface area contributed by atoms with Gasteiger partial charge in [0.15, 0.2) is 5.82 Å². The van der Waals surface area contributed by atoms with Crippen molar-refractivity contribution in [3.63, 3.8) is 0 Å². The standard InChI is InChI=1S/C14H21FN4O2/c1-10(2)7-18-14(20)19-5-3-12(4-6-19)21-13-16-8-11(15)9-17-13/h8-10,12H,3-7H2,1-2H3,(H,18,20). The molecule has 0 aromatic carbocycles. The summed E-state index contributed by atoms with van der Waals surface area (Å²) in [5.41, 5.74) is 0. The SMILES string of the molecule is CC(C)CNC(=O)N1CCC(Oc2ncc(F)cn2)CC1. The Balaban J connectivity index is 1.75. The highest BCUT2D eigenvalue weighted by Gasteiger charge is 2.24. The lowest BCUT2D eigenvalue weighted by Gasteiger charge is -2.31. The largest absolute Gasteiger partial charge is 0.460 e. The van der Waals surface area contributed by atoms with Crippen LogP contribution in [0.4, 0.5) is 9.18 Å². The molecule has 1 aromatic rings. The molecule has 1 aliphatic heterocycles. The molecule has 1 saturated heterocycles. The Labute approximate surface area is 123 Å². The van der Waals surface area contributed by atoms with Gasteiger partial charge in [-0.1, -0.05) is 13.8 Å². The number of halogens is 1. The molecule has 21 heavy (non-hydrogen) atoms. The van der Waals surface area contributed by atoms with Crippen molar-refractivity contribution in [1.29, 1.82) is 0 Å². The van der Waals surface area contributed by atoms with E-state index in [9.17, 15) is 9.18 Å². The summed E-state index contributed by atoms with van der Waals surface area (Å²) < 4.78 is 18.3. The van der Waals surface area contributed by atoms with Crippen LogP contribution >= 0.6 is 0 Å². The number of hydrogen-bond acceptors (Lipinski definition) is 4. The summed E-state index contributed by atoms with van der Waals surface area (Å²) in [5, 5.41) is 2.90. The average Bonchev–Trinajstić information content (AvgIpc) is 2.48. The maximum absolute atomic E-state index is 12.7. The Bertz CT molecular complexity index is 459. The molecule has 1 aliphatic rings. The average molecular weight is 296 g/mol. The van der Waals surface area contributed by atoms with Gasteiger partial charge in [0, 0.05) is 32.5 Å². The normalized spacial score (nSPS) is 16.1. The Morgan fingerprint density at radius 3 is 2.62 bits per heavy atom. The van der Waals surface area contributed by atoms with E-state index >= 15 is 0 Å². The lowest BCUT2D eigenvalue weighted by Crippen LogP contribution is -2.47. The number of nitrogens with zero attached hydrogens (tertiary/aromatic N) is 3. The Hall–Kier alpha value is -1.92. The number of ether oxygens (including phenoxy) is 1. The van der Waals surface area contributed by atoms with Gasteiger partial charge in [-0.15, -0.1) is 0 Å². The van der Waals surface area contributed by atoms with Gasteiger partial charge in [0.05, 0.1) is 12.4 Å². The smallest absolute Gasteiger partial charge is 0.317 e. The highest BCUT2D eigenvalue weighted by atomic mass is 19.1. The Morgan fingerprint density at radius 1 is 1.43 bits per heavy atom. The molecule has 2 heterocycles. The number of carbonyl (C=O) groups excluding carboxylic acids is 1. The summed E-state index contributed by atoms with van der Waals surface area (Å²) in [6.07, 6.45) is 3.56. The molecule has 0 atom stereocenters. The van der Waals surface area contributed by atoms with Gasteiger partial charge in [-0.05, 0) is 5.92 Å². The molecule has 0 bridgehead atoms. The number of urea groups is 1. The molecule has 0 radical (unpaired) electrons. The fourth-order valence-electron chi connectivity index (χ4n) is 2.09. The van der Waals surface area contributed by atoms with E-state index in [1.165, 1.54) is 0 Å². The van der Waals surface area contributed by atoms with E-state index < -0.39 is 5.82 Å². The third-order valence-electron chi connectivity index (χ3n) is 3.26. The van der Waals surface area contributed by atoms with Crippen LogP contribution in [0.5, 0.6) is 6.01 Å². The first-order chi connectivity index (χ1) is 10.0. The predicted molar refractivity (Wildman–Crippen MR) is 75.4 cm³/mol. The number of nitrogens with one attached hydrogen (secondary N) is 1. The van der Waals surface area contributed by atoms with Crippen molar-refractivity contribution in [3.8, 4) is 6.01 Å². The maximum atomic E-state index is 12.7. The third-order valence-corrected chi connectivity index (χ3v) is 3.26. The van der Waals surface area contributed by atoms with Crippen LogP contribution in [0.2, 0.25) is 0 Å². The summed E-state index contributed by atoms with van der Waals surface area (Å²) >= 11 is 0. The van der Waals surface area contributed by atoms with E-state index in [-0.39, 0.29) is 18.1 Å². The summed E-state index contributed by atoms with van der Waals surface area (Å²) in [4.78, 5) is 21.2. The number of likely N-dealkylation sites (tertiary alicyclic amines) is 1. The van der Waals surface area contributed by atoms with E-state index in [0.29, 0.717) is 25.6 Å². The van der Waals surface area contributed by atoms with E-state index in [4.69, 9.17) is 4.74 Å². The summed E-state index contributed by atoms with van der Waals surface area (Å²) in [6, 6.07) is 0.152. The van der Waals surface area contributed by atoms with Crippen LogP contribution in [-0.4, -0.2) is 46.6 Å². The van der Waals surface area contributed by atoms with E-state index in [2.05, 4.69) is 29.1 Å². The quantitative estimate of drug-likeness (QED) is 0.920. The number of carbonyl (C=O) groups is 1. The molecule has 7 heteroatoms. The molecule has 0 aliphatic carbocycles. The molecule has 0 spiro atoms. The van der Waals surface area contributed by atoms with Crippen LogP contribution in [0, 0.1) is 11.7 Å². The fraction of sp³-hybridized carbons (Fsp3) is 0.643. The lowest BCUT2D eigenvalue weighted by molar-refractivity contribution is 0.103. The van der Waals surface area contributed by atoms with Crippen LogP contribution in [0.1, 0.15) is 26.7 Å². The first-order valence-electron chi connectivity index (χ1n) is 7.21. The third kappa shape index (κ3) is 4.84. The molecule has 1 fully saturated rings. The second kappa shape index (κ2) is 7.19. The number of hydrogen-bond donors (Lipinski definition) is 1. The molecule has 2 amide bonds. The van der Waals surface area contributed by atoms with E-state index in [0.717, 1.165) is 25.2 Å². The molecule has 1 N–H and O–H groups in total. The summed E-state index contributed by atoms with van der Waals surface area (Å²) in [6.45, 7) is 6.07. The molecule has 0 saturated carbocycles. The van der Waals surface area contributed by atoms with Crippen molar-refractivity contribution < 1.29 is 13.9 Å². The minimum absolute atomic E-state index is 0.0276. The van der Waals surface area contributed by atoms with Crippen LogP contribution in [0.25, 0.3) is 0 Å². The molecule has 116 valence electrons. The topological polar surface area (TPSA) is 67.4 Å². The fourth-order valence-corrected chi connectivity index (χ4v) is 2.09. The van der Waals surface area contributed by atoms with Crippen LogP contribution < -0.4 is 10.1 Å². The van der Waals surface area contributed by atoms with Crippen molar-refractivity contribution in [2.75, 3.05) is 19.6 Å². The van der Waals surface area contributed by atoms with Crippen molar-refractivity contribution in [3.05, 3.63) is 18.2 Å². The van der Waals surface area contributed by atoms with Crippen LogP contribution in [0.3, 0.4) is 0 Å². The van der Waals surface area contributed by atoms with Crippen LogP contribution in [0.15, 0.2) is 12.4 Å². The van der Waals surface area contributed by atoms with Gasteiger partial charge in [0.25, 0.3) is 0 Å². The highest BCUT2D eigenvalue weighted by Crippen LogP contribution is 2.15. The van der Waals surface area contributed by atoms with Crippen molar-refractivity contribution >= 4 is 6.03 Å². The van der Waals surface area contributed by atoms with Gasteiger partial charge in [0.2, 0.25) is 0 Å². The molecule has 1 aromatic heterocycles. The minimum Gasteiger partial charge on any atom is -0.460 e.